The molecule has 0 heterocycles. The number of anilines is 1. The molecule has 0 unspecified atom stereocenters. The Bertz CT molecular complexity index is 786. The van der Waals surface area contributed by atoms with Gasteiger partial charge >= 0.3 is 0 Å². The number of nitrogens with one attached hydrogen (secondary N) is 1. The van der Waals surface area contributed by atoms with Gasteiger partial charge in [-0.05, 0) is 48.7 Å². The molecule has 0 amide bonds. The molecule has 1 atom stereocenters. The van der Waals surface area contributed by atoms with Crippen molar-refractivity contribution >= 4 is 15.5 Å². The first-order chi connectivity index (χ1) is 10.7. The van der Waals surface area contributed by atoms with Gasteiger partial charge < -0.3 is 10.4 Å². The molecule has 123 valence electrons. The lowest BCUT2D eigenvalue weighted by Gasteiger charge is -2.24. The van der Waals surface area contributed by atoms with Crippen LogP contribution in [-0.4, -0.2) is 18.9 Å². The van der Waals surface area contributed by atoms with Crippen molar-refractivity contribution in [1.29, 1.82) is 0 Å². The summed E-state index contributed by atoms with van der Waals surface area (Å²) >= 11 is 0. The Morgan fingerprint density at radius 1 is 1.13 bits per heavy atom. The molecule has 2 aromatic carbocycles. The minimum absolute atomic E-state index is 0.0235. The van der Waals surface area contributed by atoms with Gasteiger partial charge in [-0.2, -0.15) is 0 Å². The van der Waals surface area contributed by atoms with Crippen LogP contribution >= 0.6 is 0 Å². The lowest BCUT2D eigenvalue weighted by Crippen LogP contribution is -2.34. The van der Waals surface area contributed by atoms with Crippen LogP contribution in [0.15, 0.2) is 47.4 Å². The van der Waals surface area contributed by atoms with Gasteiger partial charge in [0.1, 0.15) is 16.9 Å². The van der Waals surface area contributed by atoms with Crippen LogP contribution in [0.25, 0.3) is 0 Å². The summed E-state index contributed by atoms with van der Waals surface area (Å²) in [6.07, 6.45) is 0. The molecule has 0 fully saturated rings. The highest BCUT2D eigenvalue weighted by Crippen LogP contribution is 2.30. The standard InChI is InChI=1S/C17H19FNO3S/c1-11(2)17(19-15-6-4-5-12(3)16(15)20)23(21,22)14-9-7-13(18)8-10-14/h4-11,17,19-20H,3H2,1-2H3/t17-/m0/s1. The molecule has 2 N–H and O–H groups in total. The second-order valence-corrected chi connectivity index (χ2v) is 7.69. The molecule has 23 heavy (non-hydrogen) atoms. The lowest BCUT2D eigenvalue weighted by atomic mass is 10.1. The molecule has 6 heteroatoms. The van der Waals surface area contributed by atoms with E-state index in [4.69, 9.17) is 0 Å². The average Bonchev–Trinajstić information content (AvgIpc) is 2.48. The zero-order valence-corrected chi connectivity index (χ0v) is 13.8. The molecular weight excluding hydrogens is 317 g/mol. The van der Waals surface area contributed by atoms with E-state index in [0.717, 1.165) is 12.1 Å². The zero-order chi connectivity index (χ0) is 17.2. The predicted octanol–water partition coefficient (Wildman–Crippen LogP) is 3.58. The molecule has 0 saturated carbocycles. The summed E-state index contributed by atoms with van der Waals surface area (Å²) in [4.78, 5) is 0.0235. The molecule has 0 aliphatic heterocycles. The molecule has 0 spiro atoms. The minimum Gasteiger partial charge on any atom is -0.505 e. The Morgan fingerprint density at radius 3 is 2.30 bits per heavy atom. The Hall–Kier alpha value is -2.08. The molecule has 0 bridgehead atoms. The predicted molar refractivity (Wildman–Crippen MR) is 88.4 cm³/mol. The summed E-state index contributed by atoms with van der Waals surface area (Å²) < 4.78 is 38.6. The van der Waals surface area contributed by atoms with E-state index in [-0.39, 0.29) is 16.6 Å². The average molecular weight is 336 g/mol. The van der Waals surface area contributed by atoms with Crippen LogP contribution in [0.3, 0.4) is 0 Å². The second-order valence-electron chi connectivity index (χ2n) is 5.62. The Kier molecular flexibility index (Phi) is 4.94. The quantitative estimate of drug-likeness (QED) is 0.647. The second kappa shape index (κ2) is 6.58. The lowest BCUT2D eigenvalue weighted by molar-refractivity contribution is 0.473. The smallest absolute Gasteiger partial charge is 0.199 e. The van der Waals surface area contributed by atoms with Crippen LogP contribution in [0.4, 0.5) is 10.1 Å². The fraction of sp³-hybridized carbons (Fsp3) is 0.235. The fourth-order valence-electron chi connectivity index (χ4n) is 2.23. The van der Waals surface area contributed by atoms with E-state index < -0.39 is 21.0 Å². The van der Waals surface area contributed by atoms with E-state index in [9.17, 15) is 17.9 Å². The van der Waals surface area contributed by atoms with Crippen molar-refractivity contribution in [1.82, 2.24) is 0 Å². The summed E-state index contributed by atoms with van der Waals surface area (Å²) in [7, 11) is -3.75. The van der Waals surface area contributed by atoms with Gasteiger partial charge in [-0.1, -0.05) is 26.0 Å². The maximum absolute atomic E-state index is 13.0. The van der Waals surface area contributed by atoms with E-state index in [0.29, 0.717) is 11.3 Å². The molecule has 2 aromatic rings. The van der Waals surface area contributed by atoms with Crippen molar-refractivity contribution in [2.75, 3.05) is 5.32 Å². The van der Waals surface area contributed by atoms with Gasteiger partial charge in [-0.15, -0.1) is 0 Å². The monoisotopic (exact) mass is 336 g/mol. The van der Waals surface area contributed by atoms with Crippen LogP contribution in [-0.2, 0) is 9.84 Å². The Balaban J connectivity index is 2.42. The zero-order valence-electron chi connectivity index (χ0n) is 13.0. The summed E-state index contributed by atoms with van der Waals surface area (Å²) in [5.41, 5.74) is 0.693. The first kappa shape index (κ1) is 17.3. The van der Waals surface area contributed by atoms with Gasteiger partial charge in [-0.3, -0.25) is 0 Å². The molecular formula is C17H19FNO3S. The van der Waals surface area contributed by atoms with Gasteiger partial charge in [0.15, 0.2) is 9.84 Å². The number of sulfone groups is 1. The number of phenols is 1. The normalized spacial score (nSPS) is 13.1. The number of halogens is 1. The molecule has 0 aliphatic rings. The van der Waals surface area contributed by atoms with Gasteiger partial charge in [0, 0.05) is 0 Å². The molecule has 2 rings (SSSR count). The third-order valence-corrected chi connectivity index (χ3v) is 5.76. The van der Waals surface area contributed by atoms with Crippen LogP contribution in [0.1, 0.15) is 19.4 Å². The number of aromatic hydroxyl groups is 1. The van der Waals surface area contributed by atoms with E-state index in [1.165, 1.54) is 12.1 Å². The Labute approximate surface area is 135 Å². The maximum atomic E-state index is 13.0. The number of benzene rings is 2. The number of phenolic OH excluding ortho intramolecular Hbond substituents is 1. The van der Waals surface area contributed by atoms with Crippen molar-refractivity contribution in [2.24, 2.45) is 5.92 Å². The number of hydrogen-bond donors (Lipinski definition) is 2. The molecule has 4 nitrogen and oxygen atoms in total. The van der Waals surface area contributed by atoms with Crippen molar-refractivity contribution in [2.45, 2.75) is 24.1 Å². The highest BCUT2D eigenvalue weighted by Gasteiger charge is 2.31. The number of hydrogen-bond acceptors (Lipinski definition) is 4. The van der Waals surface area contributed by atoms with Crippen molar-refractivity contribution in [3.8, 4) is 5.75 Å². The van der Waals surface area contributed by atoms with Crippen molar-refractivity contribution in [3.63, 3.8) is 0 Å². The topological polar surface area (TPSA) is 66.4 Å². The van der Waals surface area contributed by atoms with Crippen LogP contribution in [0.2, 0.25) is 0 Å². The van der Waals surface area contributed by atoms with Gasteiger partial charge in [0.2, 0.25) is 0 Å². The van der Waals surface area contributed by atoms with Crippen LogP contribution in [0.5, 0.6) is 5.75 Å². The van der Waals surface area contributed by atoms with Crippen LogP contribution in [0, 0.1) is 18.7 Å². The largest absolute Gasteiger partial charge is 0.505 e. The fourth-order valence-corrected chi connectivity index (χ4v) is 4.04. The van der Waals surface area contributed by atoms with E-state index in [1.54, 1.807) is 32.0 Å². The van der Waals surface area contributed by atoms with Gasteiger partial charge in [0.25, 0.3) is 0 Å². The summed E-state index contributed by atoms with van der Waals surface area (Å²) in [6.45, 7) is 7.19. The van der Waals surface area contributed by atoms with Crippen molar-refractivity contribution < 1.29 is 17.9 Å². The number of para-hydroxylation sites is 1. The van der Waals surface area contributed by atoms with Crippen molar-refractivity contribution in [3.05, 3.63) is 60.8 Å². The molecule has 0 aliphatic carbocycles. The minimum atomic E-state index is -3.75. The summed E-state index contributed by atoms with van der Waals surface area (Å²) in [5, 5.41) is 11.9. The third kappa shape index (κ3) is 3.64. The Morgan fingerprint density at radius 2 is 1.74 bits per heavy atom. The molecule has 0 saturated heterocycles. The third-order valence-electron chi connectivity index (χ3n) is 3.50. The van der Waals surface area contributed by atoms with Crippen LogP contribution < -0.4 is 5.32 Å². The highest BCUT2D eigenvalue weighted by molar-refractivity contribution is 7.92. The SMILES string of the molecule is [CH2]c1cccc(N[C@H](C(C)C)S(=O)(=O)c2ccc(F)cc2)c1O. The van der Waals surface area contributed by atoms with E-state index in [1.807, 2.05) is 0 Å². The first-order valence-corrected chi connectivity index (χ1v) is 8.68. The molecule has 0 aromatic heterocycles. The van der Waals surface area contributed by atoms with Gasteiger partial charge in [0.05, 0.1) is 10.6 Å². The molecule has 1 radical (unpaired) electrons. The first-order valence-electron chi connectivity index (χ1n) is 7.13. The maximum Gasteiger partial charge on any atom is 0.199 e. The number of rotatable bonds is 5. The summed E-state index contributed by atoms with van der Waals surface area (Å²) in [6, 6.07) is 9.57. The van der Waals surface area contributed by atoms with Gasteiger partial charge in [-0.25, -0.2) is 12.8 Å². The van der Waals surface area contributed by atoms with E-state index in [2.05, 4.69) is 12.2 Å². The summed E-state index contributed by atoms with van der Waals surface area (Å²) in [5.74, 6) is -0.870. The van der Waals surface area contributed by atoms with E-state index >= 15 is 0 Å². The highest BCUT2D eigenvalue weighted by atomic mass is 32.2.